The number of aliphatic hydroxyl groups is 2. The lowest BCUT2D eigenvalue weighted by Gasteiger charge is -2.49. The van der Waals surface area contributed by atoms with Gasteiger partial charge >= 0.3 is 0 Å². The van der Waals surface area contributed by atoms with Gasteiger partial charge in [-0.05, 0) is 55.6 Å². The summed E-state index contributed by atoms with van der Waals surface area (Å²) in [5, 5.41) is 25.4. The number of benzene rings is 1. The van der Waals surface area contributed by atoms with Crippen LogP contribution in [-0.4, -0.2) is 39.7 Å². The first-order valence-corrected chi connectivity index (χ1v) is 12.2. The molecule has 178 valence electrons. The monoisotopic (exact) mass is 451 g/mol. The quantitative estimate of drug-likeness (QED) is 0.474. The number of Topliss-reactive ketones (excluding diaryl/α,β-unsaturated/α-hetero) is 1. The van der Waals surface area contributed by atoms with Crippen molar-refractivity contribution in [1.29, 1.82) is 0 Å². The molecule has 1 aromatic rings. The number of carbonyl (C=O) groups is 2. The van der Waals surface area contributed by atoms with Crippen LogP contribution in [-0.2, 0) is 16.0 Å². The number of rotatable bonds is 2. The molecule has 0 bridgehead atoms. The fourth-order valence-electron chi connectivity index (χ4n) is 6.73. The van der Waals surface area contributed by atoms with E-state index in [4.69, 9.17) is 0 Å². The summed E-state index contributed by atoms with van der Waals surface area (Å²) in [4.78, 5) is 27.8. The molecule has 0 aromatic heterocycles. The molecule has 1 aliphatic heterocycles. The highest BCUT2D eigenvalue weighted by Crippen LogP contribution is 2.57. The Morgan fingerprint density at radius 2 is 1.88 bits per heavy atom. The van der Waals surface area contributed by atoms with Gasteiger partial charge in [0.15, 0.2) is 0 Å². The van der Waals surface area contributed by atoms with Crippen LogP contribution in [0.15, 0.2) is 54.6 Å². The molecule has 4 rings (SSSR count). The fourth-order valence-corrected chi connectivity index (χ4v) is 6.73. The van der Waals surface area contributed by atoms with E-state index < -0.39 is 23.0 Å². The molecule has 1 amide bonds. The van der Waals surface area contributed by atoms with E-state index in [2.05, 4.69) is 18.8 Å². The lowest BCUT2D eigenvalue weighted by atomic mass is 9.51. The molecule has 8 atom stereocenters. The summed E-state index contributed by atoms with van der Waals surface area (Å²) in [6.07, 6.45) is 5.23. The van der Waals surface area contributed by atoms with Crippen LogP contribution in [0.25, 0.3) is 0 Å². The van der Waals surface area contributed by atoms with Gasteiger partial charge in [0.2, 0.25) is 5.91 Å². The molecule has 5 heteroatoms. The summed E-state index contributed by atoms with van der Waals surface area (Å²) in [5.74, 6) is -1.42. The Morgan fingerprint density at radius 1 is 1.18 bits per heavy atom. The van der Waals surface area contributed by atoms with Crippen molar-refractivity contribution in [2.45, 2.75) is 70.6 Å². The molecule has 5 nitrogen and oxygen atoms in total. The van der Waals surface area contributed by atoms with Crippen LogP contribution in [0.1, 0.15) is 52.0 Å². The number of nitrogens with one attached hydrogen (secondary N) is 1. The van der Waals surface area contributed by atoms with E-state index in [0.717, 1.165) is 5.56 Å². The van der Waals surface area contributed by atoms with E-state index in [1.165, 1.54) is 0 Å². The lowest BCUT2D eigenvalue weighted by Crippen LogP contribution is -2.58. The maximum absolute atomic E-state index is 14.0. The summed E-state index contributed by atoms with van der Waals surface area (Å²) in [7, 11) is 0. The van der Waals surface area contributed by atoms with Crippen LogP contribution in [0.2, 0.25) is 0 Å². The van der Waals surface area contributed by atoms with Crippen LogP contribution in [0, 0.1) is 29.1 Å². The van der Waals surface area contributed by atoms with E-state index in [1.807, 2.05) is 49.4 Å². The highest BCUT2D eigenvalue weighted by atomic mass is 16.3. The van der Waals surface area contributed by atoms with Crippen molar-refractivity contribution in [2.24, 2.45) is 29.1 Å². The van der Waals surface area contributed by atoms with Crippen LogP contribution >= 0.6 is 0 Å². The molecule has 3 N–H and O–H groups in total. The van der Waals surface area contributed by atoms with Gasteiger partial charge in [0.25, 0.3) is 0 Å². The van der Waals surface area contributed by atoms with E-state index in [1.54, 1.807) is 6.92 Å². The highest BCUT2D eigenvalue weighted by molar-refractivity contribution is 6.09. The van der Waals surface area contributed by atoms with Gasteiger partial charge in [-0.3, -0.25) is 9.59 Å². The molecule has 1 saturated carbocycles. The topological polar surface area (TPSA) is 86.6 Å². The second-order valence-electron chi connectivity index (χ2n) is 10.9. The number of hydrogen-bond donors (Lipinski definition) is 3. The molecular formula is C28H37NO4. The molecule has 33 heavy (non-hydrogen) atoms. The van der Waals surface area contributed by atoms with E-state index in [0.29, 0.717) is 31.3 Å². The van der Waals surface area contributed by atoms with Crippen molar-refractivity contribution in [2.75, 3.05) is 0 Å². The van der Waals surface area contributed by atoms with Crippen LogP contribution < -0.4 is 5.32 Å². The molecule has 0 radical (unpaired) electrons. The van der Waals surface area contributed by atoms with Crippen molar-refractivity contribution in [3.63, 3.8) is 0 Å². The molecule has 1 unspecified atom stereocenters. The van der Waals surface area contributed by atoms with Gasteiger partial charge in [-0.2, -0.15) is 0 Å². The Morgan fingerprint density at radius 3 is 2.58 bits per heavy atom. The second kappa shape index (κ2) is 8.84. The van der Waals surface area contributed by atoms with E-state index >= 15 is 0 Å². The number of aliphatic hydroxyl groups excluding tert-OH is 1. The molecule has 1 saturated heterocycles. The zero-order chi connectivity index (χ0) is 24.0. The standard InChI is InChI=1S/C28H37NO4/c1-17-9-8-12-21-25(31)19(3)18(2)24-22(15-20-10-6-5-7-11-20)29-26(32)28(21,24)23(30)13-14-27(4,33)16-17/h5-8,10-12,17-18,21-22,24-25,31,33H,3,9,13-16H2,1-2,4H3,(H,29,32)/b12-8+/t17?,18-,21+,22+,24+,25+,27-,28+/m1/s1. The normalized spacial score (nSPS) is 42.6. The molecular weight excluding hydrogens is 414 g/mol. The Hall–Kier alpha value is -2.24. The minimum absolute atomic E-state index is 0.109. The second-order valence-corrected chi connectivity index (χ2v) is 10.9. The van der Waals surface area contributed by atoms with Gasteiger partial charge in [-0.15, -0.1) is 0 Å². The third-order valence-corrected chi connectivity index (χ3v) is 8.34. The van der Waals surface area contributed by atoms with Crippen LogP contribution in [0.4, 0.5) is 0 Å². The predicted octanol–water partition coefficient (Wildman–Crippen LogP) is 3.60. The van der Waals surface area contributed by atoms with Gasteiger partial charge in [-0.1, -0.05) is 62.9 Å². The van der Waals surface area contributed by atoms with E-state index in [9.17, 15) is 19.8 Å². The number of allylic oxidation sites excluding steroid dienone is 1. The Balaban J connectivity index is 1.82. The van der Waals surface area contributed by atoms with Gasteiger partial charge in [0.05, 0.1) is 11.7 Å². The summed E-state index contributed by atoms with van der Waals surface area (Å²) in [6.45, 7) is 10.0. The lowest BCUT2D eigenvalue weighted by molar-refractivity contribution is -0.152. The zero-order valence-corrected chi connectivity index (χ0v) is 20.0. The average molecular weight is 452 g/mol. The van der Waals surface area contributed by atoms with Crippen molar-refractivity contribution in [3.05, 3.63) is 60.2 Å². The number of carbonyl (C=O) groups excluding carboxylic acids is 2. The third kappa shape index (κ3) is 4.10. The zero-order valence-electron chi connectivity index (χ0n) is 20.0. The number of hydrogen-bond acceptors (Lipinski definition) is 4. The summed E-state index contributed by atoms with van der Waals surface area (Å²) in [5.41, 5.74) is -0.561. The van der Waals surface area contributed by atoms with Gasteiger partial charge in [-0.25, -0.2) is 0 Å². The smallest absolute Gasteiger partial charge is 0.235 e. The average Bonchev–Trinajstić information content (AvgIpc) is 3.04. The van der Waals surface area contributed by atoms with Gasteiger partial charge in [0, 0.05) is 24.3 Å². The summed E-state index contributed by atoms with van der Waals surface area (Å²) in [6, 6.07) is 9.74. The molecule has 2 aliphatic carbocycles. The Bertz CT molecular complexity index is 952. The van der Waals surface area contributed by atoms with Crippen molar-refractivity contribution < 1.29 is 19.8 Å². The molecule has 3 aliphatic rings. The first-order chi connectivity index (χ1) is 15.6. The largest absolute Gasteiger partial charge is 0.390 e. The van der Waals surface area contributed by atoms with Crippen molar-refractivity contribution >= 4 is 11.7 Å². The minimum Gasteiger partial charge on any atom is -0.390 e. The SMILES string of the molecule is C=C1[C@@H](C)[C@H]2[C@H](Cc3ccccc3)NC(=O)[C@@]23C(=O)CC[C@@](C)(O)CC(C)C/C=C/[C@H]3[C@H]1O. The highest BCUT2D eigenvalue weighted by Gasteiger charge is 2.68. The molecule has 1 heterocycles. The number of ketones is 1. The Kier molecular flexibility index (Phi) is 6.41. The van der Waals surface area contributed by atoms with Gasteiger partial charge < -0.3 is 15.5 Å². The third-order valence-electron chi connectivity index (χ3n) is 8.34. The first-order valence-electron chi connectivity index (χ1n) is 12.2. The fraction of sp³-hybridized carbons (Fsp3) is 0.571. The maximum Gasteiger partial charge on any atom is 0.235 e. The predicted molar refractivity (Wildman–Crippen MR) is 128 cm³/mol. The summed E-state index contributed by atoms with van der Waals surface area (Å²) >= 11 is 0. The number of amides is 1. The van der Waals surface area contributed by atoms with Crippen LogP contribution in [0.3, 0.4) is 0 Å². The Labute approximate surface area is 197 Å². The van der Waals surface area contributed by atoms with Crippen molar-refractivity contribution in [3.8, 4) is 0 Å². The summed E-state index contributed by atoms with van der Waals surface area (Å²) < 4.78 is 0. The maximum atomic E-state index is 14.0. The van der Waals surface area contributed by atoms with Crippen molar-refractivity contribution in [1.82, 2.24) is 5.32 Å². The molecule has 1 aromatic carbocycles. The first kappa shape index (κ1) is 23.9. The van der Waals surface area contributed by atoms with Crippen LogP contribution in [0.5, 0.6) is 0 Å². The molecule has 1 spiro atoms. The molecule has 2 fully saturated rings. The minimum atomic E-state index is -1.36. The van der Waals surface area contributed by atoms with Gasteiger partial charge in [0.1, 0.15) is 11.2 Å². The van der Waals surface area contributed by atoms with E-state index in [-0.39, 0.29) is 41.9 Å².